The number of Topliss-reactive ketones (excluding diaryl/α,β-unsaturated/α-hetero) is 1. The number of fused-ring (bicyclic) bond motifs is 2. The van der Waals surface area contributed by atoms with Gasteiger partial charge in [0.2, 0.25) is 0 Å². The zero-order chi connectivity index (χ0) is 16.1. The van der Waals surface area contributed by atoms with Gasteiger partial charge in [0.25, 0.3) is 0 Å². The SMILES string of the molecule is CSc1nc(N2CCCC(=O)[C@@H]3C[C@@H]32)c2cnc(Cl)c(F)c2n1. The summed E-state index contributed by atoms with van der Waals surface area (Å²) in [5, 5.41) is 0.843. The van der Waals surface area contributed by atoms with E-state index in [1.54, 1.807) is 0 Å². The third-order valence-corrected chi connectivity index (χ3v) is 5.26. The molecule has 0 bridgehead atoms. The maximum absolute atomic E-state index is 14.3. The molecule has 2 fully saturated rings. The van der Waals surface area contributed by atoms with Gasteiger partial charge in [-0.2, -0.15) is 0 Å². The summed E-state index contributed by atoms with van der Waals surface area (Å²) in [6.07, 6.45) is 5.61. The Morgan fingerprint density at radius 1 is 1.43 bits per heavy atom. The van der Waals surface area contributed by atoms with Crippen LogP contribution in [0.3, 0.4) is 0 Å². The predicted molar refractivity (Wildman–Crippen MR) is 87.6 cm³/mol. The first kappa shape index (κ1) is 15.1. The number of carbonyl (C=O) groups is 1. The lowest BCUT2D eigenvalue weighted by molar-refractivity contribution is -0.120. The van der Waals surface area contributed by atoms with Gasteiger partial charge in [-0.3, -0.25) is 4.79 Å². The van der Waals surface area contributed by atoms with Gasteiger partial charge in [-0.15, -0.1) is 0 Å². The first-order valence-electron chi connectivity index (χ1n) is 7.45. The number of pyridine rings is 1. The van der Waals surface area contributed by atoms with Crippen molar-refractivity contribution in [3.8, 4) is 0 Å². The quantitative estimate of drug-likeness (QED) is 0.470. The normalized spacial score (nSPS) is 23.8. The molecule has 2 atom stereocenters. The topological polar surface area (TPSA) is 59.0 Å². The van der Waals surface area contributed by atoms with E-state index >= 15 is 0 Å². The van der Waals surface area contributed by atoms with Crippen LogP contribution in [0.5, 0.6) is 0 Å². The monoisotopic (exact) mass is 352 g/mol. The van der Waals surface area contributed by atoms with Crippen molar-refractivity contribution in [3.05, 3.63) is 17.2 Å². The van der Waals surface area contributed by atoms with Gasteiger partial charge in [0.05, 0.1) is 5.39 Å². The molecule has 5 nitrogen and oxygen atoms in total. The summed E-state index contributed by atoms with van der Waals surface area (Å²) in [6, 6.07) is 0.163. The number of carbonyl (C=O) groups excluding carboxylic acids is 1. The first-order chi connectivity index (χ1) is 11.1. The molecule has 23 heavy (non-hydrogen) atoms. The van der Waals surface area contributed by atoms with Gasteiger partial charge >= 0.3 is 0 Å². The van der Waals surface area contributed by atoms with Crippen molar-refractivity contribution in [1.82, 2.24) is 15.0 Å². The molecule has 120 valence electrons. The standard InChI is InChI=1S/C15H14ClFN4OS/c1-23-15-19-12-8(6-18-13(16)11(12)17)14(20-15)21-4-2-3-10(22)7-5-9(7)21/h6-7,9H,2-5H2,1H3/t7-,9+/m1/s1. The van der Waals surface area contributed by atoms with Crippen LogP contribution in [0.4, 0.5) is 10.2 Å². The lowest BCUT2D eigenvalue weighted by Crippen LogP contribution is -2.28. The highest BCUT2D eigenvalue weighted by Crippen LogP contribution is 2.43. The Morgan fingerprint density at radius 3 is 3.04 bits per heavy atom. The number of ketones is 1. The van der Waals surface area contributed by atoms with E-state index in [0.717, 1.165) is 19.4 Å². The molecular weight excluding hydrogens is 339 g/mol. The van der Waals surface area contributed by atoms with E-state index in [4.69, 9.17) is 11.6 Å². The van der Waals surface area contributed by atoms with Crippen molar-refractivity contribution in [1.29, 1.82) is 0 Å². The van der Waals surface area contributed by atoms with Gasteiger partial charge in [-0.25, -0.2) is 19.3 Å². The fourth-order valence-corrected chi connectivity index (χ4v) is 3.72. The number of anilines is 1. The third kappa shape index (κ3) is 2.46. The van der Waals surface area contributed by atoms with Crippen LogP contribution in [-0.2, 0) is 4.79 Å². The smallest absolute Gasteiger partial charge is 0.189 e. The molecule has 1 saturated heterocycles. The number of nitrogens with zero attached hydrogens (tertiary/aromatic N) is 4. The number of thioether (sulfide) groups is 1. The molecule has 1 saturated carbocycles. The lowest BCUT2D eigenvalue weighted by atomic mass is 10.2. The van der Waals surface area contributed by atoms with Crippen molar-refractivity contribution >= 4 is 45.9 Å². The Balaban J connectivity index is 1.89. The molecule has 8 heteroatoms. The molecule has 2 aliphatic rings. The molecule has 0 radical (unpaired) electrons. The summed E-state index contributed by atoms with van der Waals surface area (Å²) < 4.78 is 14.3. The highest BCUT2D eigenvalue weighted by molar-refractivity contribution is 7.98. The molecule has 0 N–H and O–H groups in total. The molecule has 0 amide bonds. The van der Waals surface area contributed by atoms with Crippen molar-refractivity contribution in [2.75, 3.05) is 17.7 Å². The predicted octanol–water partition coefficient (Wildman–Crippen LogP) is 3.10. The Labute approximate surface area is 141 Å². The molecule has 3 heterocycles. The fraction of sp³-hybridized carbons (Fsp3) is 0.467. The second-order valence-corrected chi connectivity index (χ2v) is 6.96. The van der Waals surface area contributed by atoms with Crippen molar-refractivity contribution in [2.45, 2.75) is 30.5 Å². The lowest BCUT2D eigenvalue weighted by Gasteiger charge is -2.24. The average molecular weight is 353 g/mol. The van der Waals surface area contributed by atoms with E-state index in [0.29, 0.717) is 28.6 Å². The number of hydrogen-bond acceptors (Lipinski definition) is 6. The van der Waals surface area contributed by atoms with Crippen LogP contribution in [-0.4, -0.2) is 39.6 Å². The highest BCUT2D eigenvalue weighted by atomic mass is 35.5. The first-order valence-corrected chi connectivity index (χ1v) is 9.05. The van der Waals surface area contributed by atoms with E-state index in [2.05, 4.69) is 19.9 Å². The van der Waals surface area contributed by atoms with Crippen molar-refractivity contribution in [2.24, 2.45) is 5.92 Å². The van der Waals surface area contributed by atoms with Gasteiger partial charge < -0.3 is 4.90 Å². The molecule has 2 aromatic heterocycles. The summed E-state index contributed by atoms with van der Waals surface area (Å²) in [6.45, 7) is 0.733. The Morgan fingerprint density at radius 2 is 2.26 bits per heavy atom. The fourth-order valence-electron chi connectivity index (χ4n) is 3.22. The maximum atomic E-state index is 14.3. The van der Waals surface area contributed by atoms with Crippen LogP contribution < -0.4 is 4.90 Å². The Hall–Kier alpha value is -1.47. The highest BCUT2D eigenvalue weighted by Gasteiger charge is 2.48. The molecule has 0 spiro atoms. The molecule has 4 rings (SSSR count). The van der Waals surface area contributed by atoms with E-state index in [1.165, 1.54) is 18.0 Å². The zero-order valence-corrected chi connectivity index (χ0v) is 14.0. The number of rotatable bonds is 2. The second-order valence-electron chi connectivity index (χ2n) is 5.83. The van der Waals surface area contributed by atoms with Crippen molar-refractivity contribution < 1.29 is 9.18 Å². The van der Waals surface area contributed by atoms with E-state index in [1.807, 2.05) is 6.26 Å². The molecule has 0 unspecified atom stereocenters. The van der Waals surface area contributed by atoms with Gasteiger partial charge in [-0.1, -0.05) is 23.4 Å². The van der Waals surface area contributed by atoms with Crippen LogP contribution in [0.15, 0.2) is 11.4 Å². The van der Waals surface area contributed by atoms with Gasteiger partial charge in [0, 0.05) is 31.1 Å². The summed E-state index contributed by atoms with van der Waals surface area (Å²) in [5.74, 6) is 0.449. The third-order valence-electron chi connectivity index (χ3n) is 4.45. The molecule has 2 aromatic rings. The largest absolute Gasteiger partial charge is 0.352 e. The summed E-state index contributed by atoms with van der Waals surface area (Å²) in [7, 11) is 0. The van der Waals surface area contributed by atoms with E-state index < -0.39 is 5.82 Å². The Bertz CT molecular complexity index is 818. The van der Waals surface area contributed by atoms with Crippen molar-refractivity contribution in [3.63, 3.8) is 0 Å². The van der Waals surface area contributed by atoms with Gasteiger partial charge in [0.15, 0.2) is 16.1 Å². The molecule has 0 aromatic carbocycles. The number of halogens is 2. The zero-order valence-electron chi connectivity index (χ0n) is 12.4. The van der Waals surface area contributed by atoms with Gasteiger partial charge in [-0.05, 0) is 19.1 Å². The summed E-state index contributed by atoms with van der Waals surface area (Å²) >= 11 is 7.14. The Kier molecular flexibility index (Phi) is 3.65. The minimum atomic E-state index is -0.624. The molecular formula is C15H14ClFN4OS. The minimum absolute atomic E-state index is 0.0883. The van der Waals surface area contributed by atoms with Crippen LogP contribution >= 0.6 is 23.4 Å². The van der Waals surface area contributed by atoms with Crippen LogP contribution in [0.1, 0.15) is 19.3 Å². The van der Waals surface area contributed by atoms with Crippen LogP contribution in [0, 0.1) is 11.7 Å². The van der Waals surface area contributed by atoms with Crippen LogP contribution in [0.25, 0.3) is 10.9 Å². The van der Waals surface area contributed by atoms with Crippen LogP contribution in [0.2, 0.25) is 5.15 Å². The average Bonchev–Trinajstić information content (AvgIpc) is 3.35. The molecule has 1 aliphatic carbocycles. The van der Waals surface area contributed by atoms with E-state index in [-0.39, 0.29) is 22.6 Å². The van der Waals surface area contributed by atoms with E-state index in [9.17, 15) is 9.18 Å². The number of aromatic nitrogens is 3. The summed E-state index contributed by atoms with van der Waals surface area (Å²) in [5.41, 5.74) is 0.187. The van der Waals surface area contributed by atoms with Gasteiger partial charge in [0.1, 0.15) is 17.1 Å². The number of hydrogen-bond donors (Lipinski definition) is 0. The summed E-state index contributed by atoms with van der Waals surface area (Å²) in [4.78, 5) is 26.8. The minimum Gasteiger partial charge on any atom is -0.352 e. The second kappa shape index (κ2) is 5.56. The molecule has 1 aliphatic heterocycles. The maximum Gasteiger partial charge on any atom is 0.189 e.